The molecule has 6 nitrogen and oxygen atoms in total. The number of hydrogen-bond acceptors (Lipinski definition) is 4. The first-order valence-electron chi connectivity index (χ1n) is 3.99. The van der Waals surface area contributed by atoms with Crippen LogP contribution in [-0.4, -0.2) is 22.6 Å². The number of halogens is 3. The minimum absolute atomic E-state index is 0.626. The lowest BCUT2D eigenvalue weighted by Gasteiger charge is -2.06. The zero-order chi connectivity index (χ0) is 13.2. The molecule has 0 radical (unpaired) electrons. The third kappa shape index (κ3) is 3.00. The number of nitro groups is 1. The molecule has 9 heteroatoms. The Hall–Kier alpha value is -1.96. The molecule has 0 saturated heterocycles. The molecular weight excluding hydrogens is 264 g/mol. The van der Waals surface area contributed by atoms with Gasteiger partial charge in [-0.1, -0.05) is 11.6 Å². The van der Waals surface area contributed by atoms with Gasteiger partial charge in [0.25, 0.3) is 5.69 Å². The Labute approximate surface area is 97.5 Å². The summed E-state index contributed by atoms with van der Waals surface area (Å²) in [6.07, 6.45) is 0. The van der Waals surface area contributed by atoms with Crippen LogP contribution in [0.4, 0.5) is 14.5 Å². The first kappa shape index (κ1) is 13.1. The highest BCUT2D eigenvalue weighted by molar-refractivity contribution is 6.35. The fraction of sp³-hybridized carbons (Fsp3) is 0.125. The van der Waals surface area contributed by atoms with Crippen molar-refractivity contribution in [2.45, 2.75) is 6.61 Å². The van der Waals surface area contributed by atoms with Crippen molar-refractivity contribution in [3.63, 3.8) is 0 Å². The largest absolute Gasteiger partial charge is 0.478 e. The minimum Gasteiger partial charge on any atom is -0.478 e. The second kappa shape index (κ2) is 4.91. The lowest BCUT2D eigenvalue weighted by Crippen LogP contribution is -2.06. The van der Waals surface area contributed by atoms with E-state index >= 15 is 0 Å². The van der Waals surface area contributed by atoms with Crippen LogP contribution in [0.25, 0.3) is 0 Å². The van der Waals surface area contributed by atoms with Gasteiger partial charge in [-0.2, -0.15) is 8.78 Å². The van der Waals surface area contributed by atoms with Gasteiger partial charge in [0.05, 0.1) is 16.6 Å². The third-order valence-corrected chi connectivity index (χ3v) is 2.08. The summed E-state index contributed by atoms with van der Waals surface area (Å²) in [6, 6.07) is 1.31. The number of ether oxygens (including phenoxy) is 1. The molecule has 0 heterocycles. The minimum atomic E-state index is -3.22. The molecule has 0 aliphatic rings. The van der Waals surface area contributed by atoms with E-state index in [2.05, 4.69) is 4.74 Å². The van der Waals surface area contributed by atoms with Crippen LogP contribution < -0.4 is 4.74 Å². The van der Waals surface area contributed by atoms with Crippen molar-refractivity contribution in [3.05, 3.63) is 32.8 Å². The predicted molar refractivity (Wildman–Crippen MR) is 51.7 cm³/mol. The number of alkyl halides is 2. The average Bonchev–Trinajstić information content (AvgIpc) is 2.18. The van der Waals surface area contributed by atoms with Gasteiger partial charge in [-0.3, -0.25) is 10.1 Å². The second-order valence-electron chi connectivity index (χ2n) is 2.74. The molecule has 0 amide bonds. The van der Waals surface area contributed by atoms with E-state index in [-0.39, 0.29) is 0 Å². The molecule has 0 spiro atoms. The van der Waals surface area contributed by atoms with Crippen molar-refractivity contribution in [2.75, 3.05) is 0 Å². The lowest BCUT2D eigenvalue weighted by molar-refractivity contribution is -0.384. The van der Waals surface area contributed by atoms with Gasteiger partial charge in [-0.05, 0) is 6.07 Å². The van der Waals surface area contributed by atoms with E-state index in [1.807, 2.05) is 0 Å². The summed E-state index contributed by atoms with van der Waals surface area (Å²) >= 11 is 5.44. The number of benzene rings is 1. The van der Waals surface area contributed by atoms with Crippen molar-refractivity contribution in [1.29, 1.82) is 0 Å². The summed E-state index contributed by atoms with van der Waals surface area (Å²) in [6.45, 7) is -3.22. The highest BCUT2D eigenvalue weighted by atomic mass is 35.5. The fourth-order valence-corrected chi connectivity index (χ4v) is 1.30. The van der Waals surface area contributed by atoms with Gasteiger partial charge in [-0.25, -0.2) is 4.79 Å². The van der Waals surface area contributed by atoms with E-state index in [9.17, 15) is 23.7 Å². The first-order valence-corrected chi connectivity index (χ1v) is 4.36. The molecule has 0 bridgehead atoms. The van der Waals surface area contributed by atoms with Crippen LogP contribution >= 0.6 is 11.6 Å². The number of aromatic carboxylic acids is 1. The third-order valence-electron chi connectivity index (χ3n) is 1.68. The Morgan fingerprint density at radius 1 is 1.53 bits per heavy atom. The number of carboxylic acids is 1. The van der Waals surface area contributed by atoms with Crippen molar-refractivity contribution in [3.8, 4) is 5.75 Å². The quantitative estimate of drug-likeness (QED) is 0.669. The highest BCUT2D eigenvalue weighted by Gasteiger charge is 2.23. The summed E-state index contributed by atoms with van der Waals surface area (Å²) < 4.78 is 27.7. The summed E-state index contributed by atoms with van der Waals surface area (Å²) in [7, 11) is 0. The molecule has 0 aliphatic heterocycles. The zero-order valence-corrected chi connectivity index (χ0v) is 8.65. The van der Waals surface area contributed by atoms with Crippen LogP contribution in [0, 0.1) is 10.1 Å². The summed E-state index contributed by atoms with van der Waals surface area (Å²) in [5, 5.41) is 18.6. The predicted octanol–water partition coefficient (Wildman–Crippen LogP) is 2.55. The number of nitrogens with zero attached hydrogens (tertiary/aromatic N) is 1. The number of carbonyl (C=O) groups is 1. The van der Waals surface area contributed by atoms with Crippen LogP contribution in [0.5, 0.6) is 5.75 Å². The molecule has 0 aromatic heterocycles. The molecule has 0 saturated carbocycles. The van der Waals surface area contributed by atoms with Gasteiger partial charge in [0.15, 0.2) is 0 Å². The van der Waals surface area contributed by atoms with E-state index < -0.39 is 39.5 Å². The maximum atomic E-state index is 11.9. The van der Waals surface area contributed by atoms with Crippen LogP contribution in [0.2, 0.25) is 5.02 Å². The summed E-state index contributed by atoms with van der Waals surface area (Å²) in [5.41, 5.74) is -1.50. The molecule has 0 atom stereocenters. The lowest BCUT2D eigenvalue weighted by atomic mass is 10.2. The van der Waals surface area contributed by atoms with Gasteiger partial charge >= 0.3 is 12.6 Å². The van der Waals surface area contributed by atoms with Crippen molar-refractivity contribution < 1.29 is 28.3 Å². The van der Waals surface area contributed by atoms with Crippen molar-refractivity contribution in [1.82, 2.24) is 0 Å². The Morgan fingerprint density at radius 2 is 2.12 bits per heavy atom. The van der Waals surface area contributed by atoms with E-state index in [1.54, 1.807) is 0 Å². The molecule has 1 N–H and O–H groups in total. The van der Waals surface area contributed by atoms with Crippen LogP contribution in [0.15, 0.2) is 12.1 Å². The number of rotatable bonds is 4. The molecule has 92 valence electrons. The van der Waals surface area contributed by atoms with Gasteiger partial charge in [0.2, 0.25) is 0 Å². The van der Waals surface area contributed by atoms with E-state index in [0.29, 0.717) is 12.1 Å². The topological polar surface area (TPSA) is 89.7 Å². The van der Waals surface area contributed by atoms with Crippen LogP contribution in [0.3, 0.4) is 0 Å². The maximum Gasteiger partial charge on any atom is 0.387 e. The first-order chi connectivity index (χ1) is 7.82. The fourth-order valence-electron chi connectivity index (χ4n) is 1.04. The molecule has 1 rings (SSSR count). The molecule has 17 heavy (non-hydrogen) atoms. The van der Waals surface area contributed by atoms with E-state index in [4.69, 9.17) is 16.7 Å². The van der Waals surface area contributed by atoms with E-state index in [0.717, 1.165) is 0 Å². The van der Waals surface area contributed by atoms with Gasteiger partial charge in [-0.15, -0.1) is 0 Å². The summed E-state index contributed by atoms with van der Waals surface area (Å²) in [5.74, 6) is -2.23. The van der Waals surface area contributed by atoms with Gasteiger partial charge in [0, 0.05) is 0 Å². The molecule has 0 unspecified atom stereocenters. The smallest absolute Gasteiger partial charge is 0.387 e. The Kier molecular flexibility index (Phi) is 3.79. The average molecular weight is 268 g/mol. The molecule has 0 aliphatic carbocycles. The second-order valence-corrected chi connectivity index (χ2v) is 3.12. The van der Waals surface area contributed by atoms with Gasteiger partial charge < -0.3 is 9.84 Å². The maximum absolute atomic E-state index is 11.9. The summed E-state index contributed by atoms with van der Waals surface area (Å²) in [4.78, 5) is 20.2. The van der Waals surface area contributed by atoms with E-state index in [1.165, 1.54) is 0 Å². The van der Waals surface area contributed by atoms with Crippen molar-refractivity contribution in [2.24, 2.45) is 0 Å². The molecule has 0 fully saturated rings. The highest BCUT2D eigenvalue weighted by Crippen LogP contribution is 2.33. The Balaban J connectivity index is 3.36. The SMILES string of the molecule is O=C(O)c1cc(OC(F)F)cc([N+](=O)[O-])c1Cl. The number of nitro benzene ring substituents is 1. The molecular formula is C8H4ClF2NO5. The monoisotopic (exact) mass is 267 g/mol. The Morgan fingerprint density at radius 3 is 2.53 bits per heavy atom. The van der Waals surface area contributed by atoms with Crippen LogP contribution in [0.1, 0.15) is 10.4 Å². The normalized spacial score (nSPS) is 10.4. The Bertz CT molecular complexity index is 444. The number of hydrogen-bond donors (Lipinski definition) is 1. The van der Waals surface area contributed by atoms with Crippen molar-refractivity contribution >= 4 is 23.3 Å². The van der Waals surface area contributed by atoms with Crippen LogP contribution in [-0.2, 0) is 0 Å². The van der Waals surface area contributed by atoms with Gasteiger partial charge in [0.1, 0.15) is 10.8 Å². The molecule has 1 aromatic carbocycles. The number of carboxylic acid groups (broad SMARTS) is 1. The standard InChI is InChI=1S/C8H4ClF2NO5/c9-6-4(7(13)14)1-3(17-8(10)11)2-5(6)12(15)16/h1-2,8H,(H,13,14). The zero-order valence-electron chi connectivity index (χ0n) is 7.89. The molecule has 1 aromatic rings.